The standard InChI is InChI=1S/C16H28O4/c1-2-6-14-13(5-1)17-9-10-19-15-7-3-4-8-16(15)20-12-11-18-14/h13-16H,1-12H2/t13-,14+,15-,16+. The highest BCUT2D eigenvalue weighted by Gasteiger charge is 2.29. The van der Waals surface area contributed by atoms with E-state index in [1.54, 1.807) is 0 Å². The van der Waals surface area contributed by atoms with E-state index in [4.69, 9.17) is 18.9 Å². The lowest BCUT2D eigenvalue weighted by Crippen LogP contribution is -2.40. The monoisotopic (exact) mass is 284 g/mol. The molecule has 0 amide bonds. The quantitative estimate of drug-likeness (QED) is 0.685. The highest BCUT2D eigenvalue weighted by Crippen LogP contribution is 2.26. The highest BCUT2D eigenvalue weighted by molar-refractivity contribution is 4.79. The van der Waals surface area contributed by atoms with Gasteiger partial charge in [-0.2, -0.15) is 0 Å². The Bertz CT molecular complexity index is 228. The molecule has 4 nitrogen and oxygen atoms in total. The van der Waals surface area contributed by atoms with Gasteiger partial charge in [0.25, 0.3) is 0 Å². The molecule has 1 aliphatic heterocycles. The van der Waals surface area contributed by atoms with Crippen molar-refractivity contribution in [1.82, 2.24) is 0 Å². The SMILES string of the molecule is C1CC[C@H]2OCCO[C@@H]3CCCC[C@@H]3OCCO[C@H]2C1. The number of hydrogen-bond donors (Lipinski definition) is 0. The molecule has 0 unspecified atom stereocenters. The minimum atomic E-state index is 0.258. The fourth-order valence-electron chi connectivity index (χ4n) is 3.69. The van der Waals surface area contributed by atoms with Crippen molar-refractivity contribution in [3.05, 3.63) is 0 Å². The van der Waals surface area contributed by atoms with Crippen LogP contribution in [0.4, 0.5) is 0 Å². The molecule has 1 saturated heterocycles. The molecule has 1 heterocycles. The summed E-state index contributed by atoms with van der Waals surface area (Å²) in [5.74, 6) is 0. The van der Waals surface area contributed by atoms with Gasteiger partial charge in [0.05, 0.1) is 50.8 Å². The number of rotatable bonds is 0. The zero-order chi connectivity index (χ0) is 13.6. The summed E-state index contributed by atoms with van der Waals surface area (Å²) in [7, 11) is 0. The smallest absolute Gasteiger partial charge is 0.0837 e. The summed E-state index contributed by atoms with van der Waals surface area (Å²) in [6.07, 6.45) is 10.5. The Morgan fingerprint density at radius 1 is 0.400 bits per heavy atom. The van der Waals surface area contributed by atoms with Crippen molar-refractivity contribution in [2.75, 3.05) is 26.4 Å². The average Bonchev–Trinajstić information content (AvgIpc) is 2.49. The predicted octanol–water partition coefficient (Wildman–Crippen LogP) is 2.69. The molecule has 2 aliphatic carbocycles. The van der Waals surface area contributed by atoms with Crippen LogP contribution in [0.3, 0.4) is 0 Å². The number of fused-ring (bicyclic) bond motifs is 2. The van der Waals surface area contributed by atoms with Gasteiger partial charge in [-0.3, -0.25) is 0 Å². The Kier molecular flexibility index (Phi) is 5.71. The first-order valence-corrected chi connectivity index (χ1v) is 8.40. The Balaban J connectivity index is 1.54. The summed E-state index contributed by atoms with van der Waals surface area (Å²) in [4.78, 5) is 0. The maximum Gasteiger partial charge on any atom is 0.0837 e. The lowest BCUT2D eigenvalue weighted by Gasteiger charge is -2.35. The molecule has 0 N–H and O–H groups in total. The highest BCUT2D eigenvalue weighted by atomic mass is 16.6. The van der Waals surface area contributed by atoms with Gasteiger partial charge in [-0.15, -0.1) is 0 Å². The van der Waals surface area contributed by atoms with Crippen LogP contribution in [0.15, 0.2) is 0 Å². The lowest BCUT2D eigenvalue weighted by molar-refractivity contribution is -0.153. The molecule has 0 spiro atoms. The van der Waals surface area contributed by atoms with Crippen LogP contribution in [0.2, 0.25) is 0 Å². The molecular formula is C16H28O4. The Morgan fingerprint density at radius 2 is 0.650 bits per heavy atom. The summed E-state index contributed by atoms with van der Waals surface area (Å²) >= 11 is 0. The van der Waals surface area contributed by atoms with Crippen molar-refractivity contribution in [2.24, 2.45) is 0 Å². The van der Waals surface area contributed by atoms with Crippen LogP contribution in [0.5, 0.6) is 0 Å². The molecule has 0 aromatic heterocycles. The fourth-order valence-corrected chi connectivity index (χ4v) is 3.69. The van der Waals surface area contributed by atoms with Crippen LogP contribution in [-0.2, 0) is 18.9 Å². The Labute approximate surface area is 122 Å². The number of hydrogen-bond acceptors (Lipinski definition) is 4. The van der Waals surface area contributed by atoms with Crippen molar-refractivity contribution < 1.29 is 18.9 Å². The van der Waals surface area contributed by atoms with Crippen molar-refractivity contribution >= 4 is 0 Å². The number of ether oxygens (including phenoxy) is 4. The summed E-state index contributed by atoms with van der Waals surface area (Å²) < 4.78 is 24.0. The van der Waals surface area contributed by atoms with E-state index in [0.29, 0.717) is 26.4 Å². The van der Waals surface area contributed by atoms with E-state index in [1.165, 1.54) is 25.7 Å². The van der Waals surface area contributed by atoms with E-state index in [1.807, 2.05) is 0 Å². The molecule has 0 aromatic rings. The molecule has 0 aromatic carbocycles. The second-order valence-electron chi connectivity index (χ2n) is 6.21. The van der Waals surface area contributed by atoms with Gasteiger partial charge in [0.15, 0.2) is 0 Å². The molecule has 0 bridgehead atoms. The fraction of sp³-hybridized carbons (Fsp3) is 1.00. The van der Waals surface area contributed by atoms with Crippen LogP contribution in [0, 0.1) is 0 Å². The molecule has 0 radical (unpaired) electrons. The van der Waals surface area contributed by atoms with Gasteiger partial charge in [0.1, 0.15) is 0 Å². The topological polar surface area (TPSA) is 36.9 Å². The van der Waals surface area contributed by atoms with Crippen LogP contribution in [0.25, 0.3) is 0 Å². The van der Waals surface area contributed by atoms with E-state index in [9.17, 15) is 0 Å². The van der Waals surface area contributed by atoms with Crippen LogP contribution in [-0.4, -0.2) is 50.8 Å². The van der Waals surface area contributed by atoms with E-state index < -0.39 is 0 Å². The summed E-state index contributed by atoms with van der Waals surface area (Å²) in [5, 5.41) is 0. The van der Waals surface area contributed by atoms with Gasteiger partial charge in [0.2, 0.25) is 0 Å². The minimum absolute atomic E-state index is 0.258. The zero-order valence-electron chi connectivity index (χ0n) is 12.4. The minimum Gasteiger partial charge on any atom is -0.373 e. The molecule has 3 rings (SSSR count). The maximum absolute atomic E-state index is 6.01. The first-order valence-electron chi connectivity index (χ1n) is 8.40. The third-order valence-corrected chi connectivity index (χ3v) is 4.78. The Morgan fingerprint density at radius 3 is 0.900 bits per heavy atom. The van der Waals surface area contributed by atoms with Crippen LogP contribution >= 0.6 is 0 Å². The van der Waals surface area contributed by atoms with Gasteiger partial charge >= 0.3 is 0 Å². The molecule has 3 fully saturated rings. The van der Waals surface area contributed by atoms with Crippen molar-refractivity contribution in [3.8, 4) is 0 Å². The molecule has 4 atom stereocenters. The lowest BCUT2D eigenvalue weighted by atomic mass is 9.94. The Hall–Kier alpha value is -0.160. The third kappa shape index (κ3) is 3.94. The van der Waals surface area contributed by atoms with Gasteiger partial charge in [-0.25, -0.2) is 0 Å². The normalized spacial score (nSPS) is 40.8. The maximum atomic E-state index is 6.01. The molecular weight excluding hydrogens is 256 g/mol. The first-order chi connectivity index (χ1) is 9.93. The molecule has 20 heavy (non-hydrogen) atoms. The van der Waals surface area contributed by atoms with Crippen LogP contribution < -0.4 is 0 Å². The van der Waals surface area contributed by atoms with Crippen LogP contribution in [0.1, 0.15) is 51.4 Å². The van der Waals surface area contributed by atoms with Gasteiger partial charge in [-0.05, 0) is 25.7 Å². The van der Waals surface area contributed by atoms with Crippen molar-refractivity contribution in [3.63, 3.8) is 0 Å². The molecule has 116 valence electrons. The van der Waals surface area contributed by atoms with Gasteiger partial charge in [-0.1, -0.05) is 25.7 Å². The third-order valence-electron chi connectivity index (χ3n) is 4.78. The summed E-state index contributed by atoms with van der Waals surface area (Å²) in [6.45, 7) is 2.75. The predicted molar refractivity (Wildman–Crippen MR) is 75.9 cm³/mol. The molecule has 3 aliphatic rings. The van der Waals surface area contributed by atoms with E-state index >= 15 is 0 Å². The first kappa shape index (κ1) is 14.8. The second-order valence-corrected chi connectivity index (χ2v) is 6.21. The largest absolute Gasteiger partial charge is 0.373 e. The van der Waals surface area contributed by atoms with E-state index in [-0.39, 0.29) is 24.4 Å². The second kappa shape index (κ2) is 7.74. The van der Waals surface area contributed by atoms with Gasteiger partial charge in [0, 0.05) is 0 Å². The summed E-state index contributed by atoms with van der Waals surface area (Å²) in [6, 6.07) is 0. The summed E-state index contributed by atoms with van der Waals surface area (Å²) in [5.41, 5.74) is 0. The molecule has 2 saturated carbocycles. The zero-order valence-corrected chi connectivity index (χ0v) is 12.4. The van der Waals surface area contributed by atoms with Crippen molar-refractivity contribution in [2.45, 2.75) is 75.8 Å². The van der Waals surface area contributed by atoms with Gasteiger partial charge < -0.3 is 18.9 Å². The van der Waals surface area contributed by atoms with E-state index in [2.05, 4.69) is 0 Å². The van der Waals surface area contributed by atoms with E-state index in [0.717, 1.165) is 25.7 Å². The average molecular weight is 284 g/mol. The van der Waals surface area contributed by atoms with Crippen molar-refractivity contribution in [1.29, 1.82) is 0 Å². The molecule has 4 heteroatoms.